The first-order valence-electron chi connectivity index (χ1n) is 7.65. The van der Waals surface area contributed by atoms with Crippen LogP contribution in [0.25, 0.3) is 0 Å². The van der Waals surface area contributed by atoms with Crippen LogP contribution in [0.2, 0.25) is 5.02 Å². The van der Waals surface area contributed by atoms with Gasteiger partial charge in [0, 0.05) is 24.3 Å². The molecule has 0 aromatic heterocycles. The Kier molecular flexibility index (Phi) is 7.03. The lowest BCUT2D eigenvalue weighted by Gasteiger charge is -2.25. The van der Waals surface area contributed by atoms with Crippen LogP contribution in [-0.2, 0) is 0 Å². The second kappa shape index (κ2) is 8.28. The summed E-state index contributed by atoms with van der Waals surface area (Å²) in [5, 5.41) is 6.62. The fourth-order valence-electron chi connectivity index (χ4n) is 2.28. The summed E-state index contributed by atoms with van der Waals surface area (Å²) in [7, 11) is 1.80. The standard InChI is InChI=1S/C17H27ClN2O/c1-5-6-7-10-17(2,3)12-20-16(21)14-11-13(18)8-9-15(14)19-4/h8-9,11,19H,5-7,10,12H2,1-4H3,(H,20,21). The second-order valence-corrected chi connectivity index (χ2v) is 6.68. The van der Waals surface area contributed by atoms with E-state index in [1.54, 1.807) is 19.2 Å². The van der Waals surface area contributed by atoms with Crippen molar-refractivity contribution in [3.63, 3.8) is 0 Å². The molecule has 0 aliphatic carbocycles. The predicted molar refractivity (Wildman–Crippen MR) is 91.3 cm³/mol. The summed E-state index contributed by atoms with van der Waals surface area (Å²) in [6.45, 7) is 7.26. The Bertz CT molecular complexity index is 472. The summed E-state index contributed by atoms with van der Waals surface area (Å²) < 4.78 is 0. The molecule has 0 aliphatic heterocycles. The lowest BCUT2D eigenvalue weighted by Crippen LogP contribution is -2.34. The van der Waals surface area contributed by atoms with Crippen LogP contribution in [0.15, 0.2) is 18.2 Å². The minimum Gasteiger partial charge on any atom is -0.387 e. The van der Waals surface area contributed by atoms with Gasteiger partial charge in [0.15, 0.2) is 0 Å². The molecule has 0 radical (unpaired) electrons. The number of carbonyl (C=O) groups excluding carboxylic acids is 1. The summed E-state index contributed by atoms with van der Waals surface area (Å²) in [5.74, 6) is -0.0783. The summed E-state index contributed by atoms with van der Waals surface area (Å²) in [5.41, 5.74) is 1.50. The smallest absolute Gasteiger partial charge is 0.253 e. The van der Waals surface area contributed by atoms with Gasteiger partial charge in [-0.1, -0.05) is 51.6 Å². The van der Waals surface area contributed by atoms with E-state index in [2.05, 4.69) is 31.4 Å². The molecule has 1 rings (SSSR count). The molecule has 0 spiro atoms. The van der Waals surface area contributed by atoms with Crippen molar-refractivity contribution in [1.29, 1.82) is 0 Å². The van der Waals surface area contributed by atoms with Crippen molar-refractivity contribution in [2.75, 3.05) is 18.9 Å². The summed E-state index contributed by atoms with van der Waals surface area (Å²) in [4.78, 5) is 12.3. The Morgan fingerprint density at radius 1 is 1.29 bits per heavy atom. The number of amides is 1. The number of carbonyl (C=O) groups is 1. The molecule has 4 heteroatoms. The Morgan fingerprint density at radius 3 is 2.62 bits per heavy atom. The zero-order chi connectivity index (χ0) is 15.9. The Hall–Kier alpha value is -1.22. The van der Waals surface area contributed by atoms with Crippen LogP contribution < -0.4 is 10.6 Å². The molecule has 118 valence electrons. The lowest BCUT2D eigenvalue weighted by molar-refractivity contribution is 0.0935. The molecule has 0 aliphatic rings. The minimum absolute atomic E-state index is 0.0783. The lowest BCUT2D eigenvalue weighted by atomic mass is 9.87. The number of nitrogens with one attached hydrogen (secondary N) is 2. The molecule has 1 aromatic carbocycles. The van der Waals surface area contributed by atoms with E-state index in [0.29, 0.717) is 17.1 Å². The zero-order valence-corrected chi connectivity index (χ0v) is 14.3. The maximum Gasteiger partial charge on any atom is 0.253 e. The number of hydrogen-bond donors (Lipinski definition) is 2. The van der Waals surface area contributed by atoms with Crippen molar-refractivity contribution < 1.29 is 4.79 Å². The van der Waals surface area contributed by atoms with Gasteiger partial charge in [0.25, 0.3) is 5.91 Å². The van der Waals surface area contributed by atoms with Crippen LogP contribution in [0, 0.1) is 5.41 Å². The Morgan fingerprint density at radius 2 is 2.00 bits per heavy atom. The normalized spacial score (nSPS) is 11.3. The monoisotopic (exact) mass is 310 g/mol. The number of rotatable bonds is 8. The van der Waals surface area contributed by atoms with E-state index in [-0.39, 0.29) is 11.3 Å². The number of halogens is 1. The topological polar surface area (TPSA) is 41.1 Å². The van der Waals surface area contributed by atoms with Gasteiger partial charge >= 0.3 is 0 Å². The SMILES string of the molecule is CCCCCC(C)(C)CNC(=O)c1cc(Cl)ccc1NC. The maximum absolute atomic E-state index is 12.3. The van der Waals surface area contributed by atoms with Crippen LogP contribution in [-0.4, -0.2) is 19.5 Å². The van der Waals surface area contributed by atoms with Crippen molar-refractivity contribution in [2.45, 2.75) is 46.5 Å². The van der Waals surface area contributed by atoms with E-state index in [1.165, 1.54) is 19.3 Å². The van der Waals surface area contributed by atoms with Gasteiger partial charge in [-0.05, 0) is 30.0 Å². The first kappa shape index (κ1) is 17.8. The summed E-state index contributed by atoms with van der Waals surface area (Å²) in [6, 6.07) is 5.30. The fourth-order valence-corrected chi connectivity index (χ4v) is 2.45. The summed E-state index contributed by atoms with van der Waals surface area (Å²) >= 11 is 5.98. The molecular weight excluding hydrogens is 284 g/mol. The second-order valence-electron chi connectivity index (χ2n) is 6.24. The van der Waals surface area contributed by atoms with E-state index in [0.717, 1.165) is 12.1 Å². The number of unbranched alkanes of at least 4 members (excludes halogenated alkanes) is 2. The van der Waals surface area contributed by atoms with E-state index in [4.69, 9.17) is 11.6 Å². The van der Waals surface area contributed by atoms with E-state index < -0.39 is 0 Å². The highest BCUT2D eigenvalue weighted by molar-refractivity contribution is 6.31. The molecule has 0 atom stereocenters. The molecule has 0 bridgehead atoms. The largest absolute Gasteiger partial charge is 0.387 e. The average Bonchev–Trinajstić information content (AvgIpc) is 2.45. The fraction of sp³-hybridized carbons (Fsp3) is 0.588. The van der Waals surface area contributed by atoms with Crippen molar-refractivity contribution >= 4 is 23.2 Å². The van der Waals surface area contributed by atoms with Crippen LogP contribution in [0.4, 0.5) is 5.69 Å². The molecular formula is C17H27ClN2O. The molecule has 0 heterocycles. The molecule has 0 fully saturated rings. The third-order valence-electron chi connectivity index (χ3n) is 3.68. The van der Waals surface area contributed by atoms with Crippen molar-refractivity contribution in [1.82, 2.24) is 5.32 Å². The van der Waals surface area contributed by atoms with Crippen molar-refractivity contribution in [3.8, 4) is 0 Å². The van der Waals surface area contributed by atoms with Gasteiger partial charge in [-0.2, -0.15) is 0 Å². The first-order valence-corrected chi connectivity index (χ1v) is 8.03. The van der Waals surface area contributed by atoms with Crippen molar-refractivity contribution in [2.24, 2.45) is 5.41 Å². The van der Waals surface area contributed by atoms with Crippen molar-refractivity contribution in [3.05, 3.63) is 28.8 Å². The van der Waals surface area contributed by atoms with Crippen LogP contribution in [0.1, 0.15) is 56.8 Å². The quantitative estimate of drug-likeness (QED) is 0.682. The van der Waals surface area contributed by atoms with E-state index in [9.17, 15) is 4.79 Å². The van der Waals surface area contributed by atoms with Gasteiger partial charge in [-0.25, -0.2) is 0 Å². The number of anilines is 1. The highest BCUT2D eigenvalue weighted by Crippen LogP contribution is 2.24. The molecule has 2 N–H and O–H groups in total. The zero-order valence-electron chi connectivity index (χ0n) is 13.6. The van der Waals surface area contributed by atoms with Gasteiger partial charge < -0.3 is 10.6 Å². The summed E-state index contributed by atoms with van der Waals surface area (Å²) in [6.07, 6.45) is 4.79. The van der Waals surface area contributed by atoms with Crippen LogP contribution in [0.5, 0.6) is 0 Å². The maximum atomic E-state index is 12.3. The molecule has 0 saturated carbocycles. The minimum atomic E-state index is -0.0783. The first-order chi connectivity index (χ1) is 9.89. The average molecular weight is 311 g/mol. The molecule has 0 unspecified atom stereocenters. The highest BCUT2D eigenvalue weighted by atomic mass is 35.5. The predicted octanol–water partition coefficient (Wildman–Crippen LogP) is 4.72. The Balaban J connectivity index is 2.63. The van der Waals surface area contributed by atoms with Gasteiger partial charge in [0.05, 0.1) is 5.56 Å². The third-order valence-corrected chi connectivity index (χ3v) is 3.92. The number of hydrogen-bond acceptors (Lipinski definition) is 2. The van der Waals surface area contributed by atoms with E-state index >= 15 is 0 Å². The van der Waals surface area contributed by atoms with Gasteiger partial charge in [0.1, 0.15) is 0 Å². The van der Waals surface area contributed by atoms with Crippen LogP contribution in [0.3, 0.4) is 0 Å². The molecule has 3 nitrogen and oxygen atoms in total. The van der Waals surface area contributed by atoms with Crippen LogP contribution >= 0.6 is 11.6 Å². The van der Waals surface area contributed by atoms with Gasteiger partial charge in [-0.3, -0.25) is 4.79 Å². The van der Waals surface area contributed by atoms with E-state index in [1.807, 2.05) is 6.07 Å². The number of benzene rings is 1. The molecule has 1 amide bonds. The highest BCUT2D eigenvalue weighted by Gasteiger charge is 2.19. The third kappa shape index (κ3) is 5.96. The van der Waals surface area contributed by atoms with Gasteiger partial charge in [0.2, 0.25) is 0 Å². The molecule has 0 saturated heterocycles. The Labute approximate surface area is 133 Å². The molecule has 21 heavy (non-hydrogen) atoms. The molecule has 1 aromatic rings. The van der Waals surface area contributed by atoms with Gasteiger partial charge in [-0.15, -0.1) is 0 Å².